The molecule has 2 aliphatic rings. The van der Waals surface area contributed by atoms with Gasteiger partial charge in [-0.2, -0.15) is 0 Å². The maximum atomic E-state index is 14.3. The second-order valence-electron chi connectivity index (χ2n) is 14.1. The van der Waals surface area contributed by atoms with Crippen LogP contribution in [0.2, 0.25) is 0 Å². The van der Waals surface area contributed by atoms with Crippen molar-refractivity contribution in [3.05, 3.63) is 197 Å². The smallest absolute Gasteiger partial charge is 0.343 e. The highest BCUT2D eigenvalue weighted by molar-refractivity contribution is 5.99. The molecule has 63 heavy (non-hydrogen) atoms. The first-order valence-corrected chi connectivity index (χ1v) is 19.6. The van der Waals surface area contributed by atoms with Crippen molar-refractivity contribution in [3.8, 4) is 17.2 Å². The molecule has 6 aromatic rings. The average Bonchev–Trinajstić information content (AvgIpc) is 3.33. The topological polar surface area (TPSA) is 176 Å². The van der Waals surface area contributed by atoms with Crippen molar-refractivity contribution in [2.75, 3.05) is 13.7 Å². The van der Waals surface area contributed by atoms with Gasteiger partial charge in [-0.05, 0) is 66.7 Å². The van der Waals surface area contributed by atoms with Crippen molar-refractivity contribution in [1.82, 2.24) is 0 Å². The zero-order valence-corrected chi connectivity index (χ0v) is 33.3. The fourth-order valence-electron chi connectivity index (χ4n) is 7.13. The fourth-order valence-corrected chi connectivity index (χ4v) is 7.13. The lowest BCUT2D eigenvalue weighted by Gasteiger charge is -2.47. The Hall–Kier alpha value is -8.10. The van der Waals surface area contributed by atoms with Crippen LogP contribution in [0.4, 0.5) is 0 Å². The molecule has 0 saturated carbocycles. The van der Waals surface area contributed by atoms with Crippen LogP contribution < -0.4 is 14.2 Å². The molecule has 0 amide bonds. The third-order valence-corrected chi connectivity index (χ3v) is 10.1. The van der Waals surface area contributed by atoms with Crippen LogP contribution in [0.15, 0.2) is 158 Å². The second kappa shape index (κ2) is 18.7. The summed E-state index contributed by atoms with van der Waals surface area (Å²) < 4.78 is 48.2. The predicted molar refractivity (Wildman–Crippen MR) is 221 cm³/mol. The number of rotatable bonds is 12. The van der Waals surface area contributed by atoms with E-state index in [-0.39, 0.29) is 50.4 Å². The lowest BCUT2D eigenvalue weighted by atomic mass is 9.85. The largest absolute Gasteiger partial charge is 0.490 e. The Morgan fingerprint density at radius 1 is 0.524 bits per heavy atom. The van der Waals surface area contributed by atoms with Crippen molar-refractivity contribution in [2.24, 2.45) is 0 Å². The maximum Gasteiger partial charge on any atom is 0.343 e. The molecule has 0 aliphatic carbocycles. The molecule has 0 N–H and O–H groups in total. The first kappa shape index (κ1) is 41.6. The Morgan fingerprint density at radius 3 is 1.43 bits per heavy atom. The quantitative estimate of drug-likeness (QED) is 0.0675. The van der Waals surface area contributed by atoms with Gasteiger partial charge in [-0.1, -0.05) is 91.0 Å². The molecule has 2 heterocycles. The standard InChI is InChI=1S/C49H36O14/c1-56-38-35(59-45(51)30-19-9-3-10-20-30)27-34-37(40(38)61-47(53)32-23-13-5-14-24-32)41-43(63-49(34)55)42(62-48(54)33-25-15-6-16-26-33)39(60-46(52)31-21-11-4-12-22-31)36(58-41)28-57-44(50)29-17-7-2-8-18-29/h2-27,36,39,41-43H,28H2,1H3/t36-,39-,41?,42+,43?/m1/s1. The molecule has 8 rings (SSSR count). The summed E-state index contributed by atoms with van der Waals surface area (Å²) >= 11 is 0. The van der Waals surface area contributed by atoms with E-state index >= 15 is 0 Å². The minimum atomic E-state index is -1.65. The summed E-state index contributed by atoms with van der Waals surface area (Å²) in [5.74, 6) is -6.30. The van der Waals surface area contributed by atoms with Crippen LogP contribution >= 0.6 is 0 Å². The van der Waals surface area contributed by atoms with Crippen molar-refractivity contribution in [2.45, 2.75) is 30.5 Å². The highest BCUT2D eigenvalue weighted by Crippen LogP contribution is 2.52. The minimum absolute atomic E-state index is 0.104. The number of esters is 6. The van der Waals surface area contributed by atoms with Crippen LogP contribution in [0.5, 0.6) is 17.2 Å². The summed E-state index contributed by atoms with van der Waals surface area (Å²) in [6.45, 7) is -0.588. The molecule has 5 atom stereocenters. The molecule has 0 aromatic heterocycles. The van der Waals surface area contributed by atoms with Gasteiger partial charge in [0, 0.05) is 5.56 Å². The molecule has 2 unspecified atom stereocenters. The van der Waals surface area contributed by atoms with Crippen LogP contribution in [-0.4, -0.2) is 73.9 Å². The van der Waals surface area contributed by atoms with E-state index in [1.807, 2.05) is 0 Å². The van der Waals surface area contributed by atoms with Gasteiger partial charge < -0.3 is 37.9 Å². The molecular formula is C49H36O14. The molecule has 2 aliphatic heterocycles. The average molecular weight is 849 g/mol. The van der Waals surface area contributed by atoms with Crippen molar-refractivity contribution in [3.63, 3.8) is 0 Å². The van der Waals surface area contributed by atoms with E-state index in [1.165, 1.54) is 73.8 Å². The van der Waals surface area contributed by atoms with Gasteiger partial charge in [-0.3, -0.25) is 0 Å². The number of hydrogen-bond acceptors (Lipinski definition) is 14. The third kappa shape index (κ3) is 9.02. The van der Waals surface area contributed by atoms with Crippen LogP contribution in [-0.2, 0) is 23.7 Å². The normalized spacial score (nSPS) is 18.6. The molecule has 1 fully saturated rings. The lowest BCUT2D eigenvalue weighted by Crippen LogP contribution is -2.61. The van der Waals surface area contributed by atoms with Crippen LogP contribution in [0.25, 0.3) is 0 Å². The Balaban J connectivity index is 1.27. The van der Waals surface area contributed by atoms with E-state index in [0.29, 0.717) is 0 Å². The predicted octanol–water partition coefficient (Wildman–Crippen LogP) is 7.42. The number of carbonyl (C=O) groups is 6. The number of fused-ring (bicyclic) bond motifs is 3. The van der Waals surface area contributed by atoms with Crippen LogP contribution in [0.3, 0.4) is 0 Å². The van der Waals surface area contributed by atoms with Crippen molar-refractivity contribution >= 4 is 35.8 Å². The van der Waals surface area contributed by atoms with Gasteiger partial charge in [0.05, 0.1) is 40.5 Å². The monoisotopic (exact) mass is 848 g/mol. The third-order valence-electron chi connectivity index (χ3n) is 10.1. The second-order valence-corrected chi connectivity index (χ2v) is 14.1. The van der Waals surface area contributed by atoms with Crippen LogP contribution in [0.1, 0.15) is 73.8 Å². The number of hydrogen-bond donors (Lipinski definition) is 0. The molecular weight excluding hydrogens is 813 g/mol. The number of methoxy groups -OCH3 is 1. The molecule has 14 heteroatoms. The zero-order valence-electron chi connectivity index (χ0n) is 33.3. The Labute approximate surface area is 359 Å². The van der Waals surface area contributed by atoms with E-state index in [4.69, 9.17) is 37.9 Å². The van der Waals surface area contributed by atoms with E-state index in [1.54, 1.807) is 91.0 Å². The number of carbonyl (C=O) groups excluding carboxylic acids is 6. The van der Waals surface area contributed by atoms with Gasteiger partial charge in [-0.15, -0.1) is 0 Å². The fraction of sp³-hybridized carbons (Fsp3) is 0.143. The van der Waals surface area contributed by atoms with Gasteiger partial charge in [0.2, 0.25) is 5.75 Å². The van der Waals surface area contributed by atoms with Crippen LogP contribution in [0, 0.1) is 0 Å². The van der Waals surface area contributed by atoms with E-state index < -0.39 is 78.7 Å². The summed E-state index contributed by atoms with van der Waals surface area (Å²) in [6, 6.07) is 41.0. The number of ether oxygens (including phenoxy) is 8. The van der Waals surface area contributed by atoms with Gasteiger partial charge in [0.25, 0.3) is 0 Å². The Bertz CT molecular complexity index is 2640. The number of benzene rings is 6. The molecule has 6 aromatic carbocycles. The Morgan fingerprint density at radius 2 is 0.952 bits per heavy atom. The molecule has 0 spiro atoms. The van der Waals surface area contributed by atoms with Gasteiger partial charge in [-0.25, -0.2) is 28.8 Å². The van der Waals surface area contributed by atoms with Crippen molar-refractivity contribution < 1.29 is 66.7 Å². The summed E-state index contributed by atoms with van der Waals surface area (Å²) in [7, 11) is 1.23. The maximum absolute atomic E-state index is 14.3. The van der Waals surface area contributed by atoms with Gasteiger partial charge in [0.15, 0.2) is 29.8 Å². The van der Waals surface area contributed by atoms with E-state index in [0.717, 1.165) is 0 Å². The summed E-state index contributed by atoms with van der Waals surface area (Å²) in [4.78, 5) is 82.8. The molecule has 14 nitrogen and oxygen atoms in total. The van der Waals surface area contributed by atoms with Gasteiger partial charge in [0.1, 0.15) is 18.8 Å². The zero-order chi connectivity index (χ0) is 43.9. The van der Waals surface area contributed by atoms with Crippen molar-refractivity contribution in [1.29, 1.82) is 0 Å². The summed E-state index contributed by atoms with van der Waals surface area (Å²) in [5.41, 5.74) is 0.272. The van der Waals surface area contributed by atoms with E-state index in [9.17, 15) is 28.8 Å². The summed E-state index contributed by atoms with van der Waals surface area (Å²) in [6.07, 6.45) is -7.80. The first-order chi connectivity index (χ1) is 30.7. The van der Waals surface area contributed by atoms with Gasteiger partial charge >= 0.3 is 35.8 Å². The minimum Gasteiger partial charge on any atom is -0.490 e. The Kier molecular flexibility index (Phi) is 12.3. The highest BCUT2D eigenvalue weighted by Gasteiger charge is 2.57. The molecule has 1 saturated heterocycles. The highest BCUT2D eigenvalue weighted by atomic mass is 16.7. The molecule has 0 radical (unpaired) electrons. The molecule has 316 valence electrons. The SMILES string of the molecule is COc1c(OC(=O)c2ccccc2)cc2c(c1OC(=O)c1ccccc1)C1O[C@H](COC(=O)c3ccccc3)[C@@H](OC(=O)c3ccccc3)[C@H](OC(=O)c3ccccc3)C1OC2=O. The van der Waals surface area contributed by atoms with E-state index in [2.05, 4.69) is 0 Å². The first-order valence-electron chi connectivity index (χ1n) is 19.6. The molecule has 0 bridgehead atoms. The lowest BCUT2D eigenvalue weighted by molar-refractivity contribution is -0.234. The summed E-state index contributed by atoms with van der Waals surface area (Å²) in [5, 5.41) is 0.